The Morgan fingerprint density at radius 3 is 2.95 bits per heavy atom. The minimum atomic E-state index is -0.413. The summed E-state index contributed by atoms with van der Waals surface area (Å²) in [4.78, 5) is 11.5. The van der Waals surface area contributed by atoms with E-state index in [1.807, 2.05) is 0 Å². The summed E-state index contributed by atoms with van der Waals surface area (Å²) >= 11 is 5.85. The molecule has 19 heavy (non-hydrogen) atoms. The number of benzene rings is 1. The van der Waals surface area contributed by atoms with Gasteiger partial charge in [-0.05, 0) is 12.1 Å². The van der Waals surface area contributed by atoms with Crippen LogP contribution in [0.5, 0.6) is 5.75 Å². The zero-order valence-corrected chi connectivity index (χ0v) is 10.8. The summed E-state index contributed by atoms with van der Waals surface area (Å²) in [6, 6.07) is 6.73. The van der Waals surface area contributed by atoms with Gasteiger partial charge in [0, 0.05) is 12.6 Å². The molecule has 0 fully saturated rings. The smallest absolute Gasteiger partial charge is 0.287 e. The molecule has 6 nitrogen and oxygen atoms in total. The number of hydrogen-bond donors (Lipinski definition) is 2. The molecule has 2 aromatic rings. The molecule has 0 saturated carbocycles. The Hall–Kier alpha value is -2.34. The van der Waals surface area contributed by atoms with Crippen LogP contribution in [-0.2, 0) is 7.05 Å². The highest BCUT2D eigenvalue weighted by atomic mass is 35.5. The third-order valence-electron chi connectivity index (χ3n) is 2.40. The van der Waals surface area contributed by atoms with Gasteiger partial charge in [-0.15, -0.1) is 0 Å². The van der Waals surface area contributed by atoms with Crippen LogP contribution < -0.4 is 11.0 Å². The van der Waals surface area contributed by atoms with Gasteiger partial charge in [-0.1, -0.05) is 23.7 Å². The average Bonchev–Trinajstić information content (AvgIpc) is 2.41. The SMILES string of the molecule is Cn1ncc(N/N=C\c2ccccc2O)c(Cl)c1=O. The van der Waals surface area contributed by atoms with Crippen LogP contribution in [0.4, 0.5) is 5.69 Å². The molecule has 0 bridgehead atoms. The Bertz CT molecular complexity index is 682. The van der Waals surface area contributed by atoms with Crippen LogP contribution in [0.1, 0.15) is 5.56 Å². The highest BCUT2D eigenvalue weighted by Gasteiger charge is 2.05. The lowest BCUT2D eigenvalue weighted by atomic mass is 10.2. The Labute approximate surface area is 114 Å². The summed E-state index contributed by atoms with van der Waals surface area (Å²) in [6.45, 7) is 0. The molecule has 0 saturated heterocycles. The summed E-state index contributed by atoms with van der Waals surface area (Å²) in [7, 11) is 1.50. The summed E-state index contributed by atoms with van der Waals surface area (Å²) in [5, 5.41) is 17.3. The van der Waals surface area contributed by atoms with Crippen LogP contribution in [0.25, 0.3) is 0 Å². The second-order valence-electron chi connectivity index (χ2n) is 3.73. The highest BCUT2D eigenvalue weighted by molar-refractivity contribution is 6.32. The number of phenolic OH excluding ortho intramolecular Hbond substituents is 1. The first kappa shape index (κ1) is 13.1. The number of hydrogen-bond acceptors (Lipinski definition) is 5. The third kappa shape index (κ3) is 2.92. The number of halogens is 1. The molecule has 0 radical (unpaired) electrons. The molecule has 1 aromatic carbocycles. The second-order valence-corrected chi connectivity index (χ2v) is 4.11. The van der Waals surface area contributed by atoms with Crippen molar-refractivity contribution in [2.24, 2.45) is 12.1 Å². The molecule has 2 rings (SSSR count). The van der Waals surface area contributed by atoms with Crippen LogP contribution >= 0.6 is 11.6 Å². The first-order valence-electron chi connectivity index (χ1n) is 5.38. The lowest BCUT2D eigenvalue weighted by molar-refractivity contribution is 0.474. The molecule has 2 N–H and O–H groups in total. The predicted octanol–water partition coefficient (Wildman–Crippen LogP) is 1.59. The minimum Gasteiger partial charge on any atom is -0.507 e. The van der Waals surface area contributed by atoms with Crippen molar-refractivity contribution in [2.45, 2.75) is 0 Å². The van der Waals surface area contributed by atoms with Crippen LogP contribution in [0, 0.1) is 0 Å². The van der Waals surface area contributed by atoms with E-state index in [9.17, 15) is 9.90 Å². The molecule has 98 valence electrons. The largest absolute Gasteiger partial charge is 0.507 e. The zero-order chi connectivity index (χ0) is 13.8. The monoisotopic (exact) mass is 278 g/mol. The molecule has 0 aliphatic carbocycles. The fraction of sp³-hybridized carbons (Fsp3) is 0.0833. The fourth-order valence-electron chi connectivity index (χ4n) is 1.36. The maximum Gasteiger partial charge on any atom is 0.287 e. The standard InChI is InChI=1S/C12H11ClN4O2/c1-17-12(19)11(13)9(7-15-17)16-14-6-8-4-2-3-5-10(8)18/h2-7,16,18H,1H3/b14-6-. The molecule has 0 aliphatic heterocycles. The van der Waals surface area contributed by atoms with E-state index in [1.54, 1.807) is 24.3 Å². The number of nitrogens with zero attached hydrogens (tertiary/aromatic N) is 3. The van der Waals surface area contributed by atoms with E-state index in [0.717, 1.165) is 4.68 Å². The van der Waals surface area contributed by atoms with Gasteiger partial charge in [0.15, 0.2) is 0 Å². The highest BCUT2D eigenvalue weighted by Crippen LogP contribution is 2.16. The van der Waals surface area contributed by atoms with Crippen molar-refractivity contribution < 1.29 is 5.11 Å². The van der Waals surface area contributed by atoms with Gasteiger partial charge in [0.2, 0.25) is 0 Å². The first-order chi connectivity index (χ1) is 9.09. The van der Waals surface area contributed by atoms with Gasteiger partial charge in [-0.3, -0.25) is 10.2 Å². The van der Waals surface area contributed by atoms with Gasteiger partial charge in [0.1, 0.15) is 16.5 Å². The average molecular weight is 279 g/mol. The topological polar surface area (TPSA) is 79.5 Å². The normalized spacial score (nSPS) is 10.8. The molecular weight excluding hydrogens is 268 g/mol. The van der Waals surface area contributed by atoms with E-state index in [2.05, 4.69) is 15.6 Å². The van der Waals surface area contributed by atoms with Gasteiger partial charge >= 0.3 is 0 Å². The third-order valence-corrected chi connectivity index (χ3v) is 2.77. The van der Waals surface area contributed by atoms with Crippen LogP contribution in [0.3, 0.4) is 0 Å². The first-order valence-corrected chi connectivity index (χ1v) is 5.76. The van der Waals surface area contributed by atoms with E-state index >= 15 is 0 Å². The molecule has 7 heteroatoms. The molecule has 0 aliphatic rings. The quantitative estimate of drug-likeness (QED) is 0.660. The fourth-order valence-corrected chi connectivity index (χ4v) is 1.57. The number of phenols is 1. The lowest BCUT2D eigenvalue weighted by Gasteiger charge is -2.03. The molecule has 0 spiro atoms. The Morgan fingerprint density at radius 1 is 1.47 bits per heavy atom. The van der Waals surface area contributed by atoms with Crippen LogP contribution in [0.15, 0.2) is 40.4 Å². The number of aromatic hydroxyl groups is 1. The molecule has 0 atom stereocenters. The number of anilines is 1. The van der Waals surface area contributed by atoms with Crippen molar-refractivity contribution >= 4 is 23.5 Å². The van der Waals surface area contributed by atoms with E-state index in [1.165, 1.54) is 19.5 Å². The number of rotatable bonds is 3. The van der Waals surface area contributed by atoms with Crippen LogP contribution in [0.2, 0.25) is 5.02 Å². The molecule has 1 heterocycles. The van der Waals surface area contributed by atoms with Crippen molar-refractivity contribution in [1.29, 1.82) is 0 Å². The van der Waals surface area contributed by atoms with E-state index < -0.39 is 5.56 Å². The Balaban J connectivity index is 2.18. The number of aryl methyl sites for hydroxylation is 1. The summed E-state index contributed by atoms with van der Waals surface area (Å²) in [5.41, 5.74) is 3.04. The molecule has 0 unspecified atom stereocenters. The summed E-state index contributed by atoms with van der Waals surface area (Å²) in [5.74, 6) is 0.112. The number of para-hydroxylation sites is 1. The van der Waals surface area contributed by atoms with Gasteiger partial charge in [-0.2, -0.15) is 10.2 Å². The lowest BCUT2D eigenvalue weighted by Crippen LogP contribution is -2.20. The minimum absolute atomic E-state index is 0.00642. The van der Waals surface area contributed by atoms with E-state index in [0.29, 0.717) is 11.3 Å². The summed E-state index contributed by atoms with van der Waals surface area (Å²) in [6.07, 6.45) is 2.81. The van der Waals surface area contributed by atoms with Gasteiger partial charge in [0.25, 0.3) is 5.56 Å². The predicted molar refractivity (Wildman–Crippen MR) is 73.8 cm³/mol. The molecule has 1 aromatic heterocycles. The van der Waals surface area contributed by atoms with Gasteiger partial charge < -0.3 is 5.11 Å². The Morgan fingerprint density at radius 2 is 2.21 bits per heavy atom. The van der Waals surface area contributed by atoms with Crippen molar-refractivity contribution in [3.63, 3.8) is 0 Å². The summed E-state index contributed by atoms with van der Waals surface area (Å²) < 4.78 is 1.13. The number of nitrogens with one attached hydrogen (secondary N) is 1. The van der Waals surface area contributed by atoms with E-state index in [-0.39, 0.29) is 10.8 Å². The molecule has 0 amide bonds. The number of aromatic nitrogens is 2. The maximum absolute atomic E-state index is 11.5. The van der Waals surface area contributed by atoms with Gasteiger partial charge in [0.05, 0.1) is 12.4 Å². The number of hydrazone groups is 1. The van der Waals surface area contributed by atoms with Crippen molar-refractivity contribution in [3.8, 4) is 5.75 Å². The second kappa shape index (κ2) is 5.53. The van der Waals surface area contributed by atoms with E-state index in [4.69, 9.17) is 11.6 Å². The van der Waals surface area contributed by atoms with Crippen molar-refractivity contribution in [1.82, 2.24) is 9.78 Å². The van der Waals surface area contributed by atoms with Crippen molar-refractivity contribution in [2.75, 3.05) is 5.43 Å². The van der Waals surface area contributed by atoms with Gasteiger partial charge in [-0.25, -0.2) is 4.68 Å². The molecular formula is C12H11ClN4O2. The van der Waals surface area contributed by atoms with Crippen LogP contribution in [-0.4, -0.2) is 21.1 Å². The Kier molecular flexibility index (Phi) is 3.82. The zero-order valence-electron chi connectivity index (χ0n) is 10.0. The maximum atomic E-state index is 11.5. The van der Waals surface area contributed by atoms with Crippen molar-refractivity contribution in [3.05, 3.63) is 51.4 Å².